The second kappa shape index (κ2) is 10.8. The van der Waals surface area contributed by atoms with Crippen molar-refractivity contribution in [1.29, 1.82) is 0 Å². The highest BCUT2D eigenvalue weighted by Crippen LogP contribution is 2.19. The molecular weight excluding hydrogens is 388 g/mol. The second-order valence-corrected chi connectivity index (χ2v) is 7.52. The average molecular weight is 415 g/mol. The molecule has 29 heavy (non-hydrogen) atoms. The fourth-order valence-electron chi connectivity index (χ4n) is 3.32. The van der Waals surface area contributed by atoms with Crippen LogP contribution in [-0.2, 0) is 16.1 Å². The van der Waals surface area contributed by atoms with Gasteiger partial charge in [-0.25, -0.2) is 0 Å². The fourth-order valence-corrected chi connectivity index (χ4v) is 3.45. The third kappa shape index (κ3) is 6.76. The molecule has 0 saturated carbocycles. The van der Waals surface area contributed by atoms with E-state index in [2.05, 4.69) is 32.6 Å². The summed E-state index contributed by atoms with van der Waals surface area (Å²) in [5.41, 5.74) is 2.16. The van der Waals surface area contributed by atoms with Gasteiger partial charge in [0.1, 0.15) is 0 Å². The lowest BCUT2D eigenvalue weighted by Gasteiger charge is -2.36. The van der Waals surface area contributed by atoms with E-state index in [0.29, 0.717) is 13.1 Å². The van der Waals surface area contributed by atoms with E-state index in [1.807, 2.05) is 42.5 Å². The van der Waals surface area contributed by atoms with Gasteiger partial charge in [0.25, 0.3) is 0 Å². The number of benzene rings is 2. The van der Waals surface area contributed by atoms with Crippen LogP contribution in [0.4, 0.5) is 5.69 Å². The zero-order valence-corrected chi connectivity index (χ0v) is 17.2. The predicted molar refractivity (Wildman–Crippen MR) is 116 cm³/mol. The van der Waals surface area contributed by atoms with Gasteiger partial charge in [0, 0.05) is 50.0 Å². The van der Waals surface area contributed by atoms with Gasteiger partial charge in [-0.15, -0.1) is 0 Å². The number of carbonyl (C=O) groups is 2. The normalized spacial score (nSPS) is 14.4. The van der Waals surface area contributed by atoms with Crippen molar-refractivity contribution in [2.45, 2.75) is 13.0 Å². The summed E-state index contributed by atoms with van der Waals surface area (Å²) in [5, 5.41) is 6.09. The molecule has 2 aromatic rings. The second-order valence-electron chi connectivity index (χ2n) is 7.08. The Morgan fingerprint density at radius 3 is 2.21 bits per heavy atom. The van der Waals surface area contributed by atoms with Crippen LogP contribution >= 0.6 is 11.6 Å². The van der Waals surface area contributed by atoms with Crippen LogP contribution in [-0.4, -0.2) is 56.0 Å². The standard InChI is InChI=1S/C22H27ClN4O2/c23-19-7-9-20(10-8-19)27-15-13-26(14-16-27)12-4-11-24-21(28)22(29)25-17-18-5-2-1-3-6-18/h1-3,5-10H,4,11-17H2,(H,24,28)(H,25,29). The summed E-state index contributed by atoms with van der Waals surface area (Å²) in [7, 11) is 0. The Labute approximate surface area is 176 Å². The molecule has 6 nitrogen and oxygen atoms in total. The molecule has 0 atom stereocenters. The molecule has 2 amide bonds. The Morgan fingerprint density at radius 1 is 0.862 bits per heavy atom. The molecule has 0 bridgehead atoms. The molecule has 1 fully saturated rings. The summed E-state index contributed by atoms with van der Waals surface area (Å²) in [5.74, 6) is -1.17. The van der Waals surface area contributed by atoms with Crippen molar-refractivity contribution in [3.05, 3.63) is 65.2 Å². The Hall–Kier alpha value is -2.57. The Bertz CT molecular complexity index is 790. The first kappa shape index (κ1) is 21.1. The van der Waals surface area contributed by atoms with Crippen LogP contribution in [0.15, 0.2) is 54.6 Å². The molecule has 1 heterocycles. The zero-order chi connectivity index (χ0) is 20.5. The smallest absolute Gasteiger partial charge is 0.309 e. The van der Waals surface area contributed by atoms with E-state index in [1.54, 1.807) is 0 Å². The molecule has 0 aliphatic carbocycles. The largest absolute Gasteiger partial charge is 0.369 e. The highest BCUT2D eigenvalue weighted by Gasteiger charge is 2.17. The number of carbonyl (C=O) groups excluding carboxylic acids is 2. The van der Waals surface area contributed by atoms with E-state index in [9.17, 15) is 9.59 Å². The minimum atomic E-state index is -0.592. The van der Waals surface area contributed by atoms with Gasteiger partial charge in [0.05, 0.1) is 0 Å². The summed E-state index contributed by atoms with van der Waals surface area (Å²) >= 11 is 5.95. The van der Waals surface area contributed by atoms with E-state index >= 15 is 0 Å². The van der Waals surface area contributed by atoms with E-state index in [1.165, 1.54) is 5.69 Å². The van der Waals surface area contributed by atoms with Crippen molar-refractivity contribution < 1.29 is 9.59 Å². The topological polar surface area (TPSA) is 64.7 Å². The number of anilines is 1. The fraction of sp³-hybridized carbons (Fsp3) is 0.364. The van der Waals surface area contributed by atoms with Crippen molar-refractivity contribution in [2.24, 2.45) is 0 Å². The molecule has 3 rings (SSSR count). The van der Waals surface area contributed by atoms with Crippen LogP contribution in [0.3, 0.4) is 0 Å². The molecule has 0 spiro atoms. The molecule has 0 radical (unpaired) electrons. The zero-order valence-electron chi connectivity index (χ0n) is 16.4. The number of nitrogens with zero attached hydrogens (tertiary/aromatic N) is 2. The highest BCUT2D eigenvalue weighted by molar-refractivity contribution is 6.35. The summed E-state index contributed by atoms with van der Waals surface area (Å²) in [6.07, 6.45) is 0.818. The van der Waals surface area contributed by atoms with E-state index < -0.39 is 11.8 Å². The minimum absolute atomic E-state index is 0.352. The lowest BCUT2D eigenvalue weighted by molar-refractivity contribution is -0.139. The van der Waals surface area contributed by atoms with E-state index in [4.69, 9.17) is 11.6 Å². The maximum Gasteiger partial charge on any atom is 0.309 e. The number of hydrogen-bond donors (Lipinski definition) is 2. The molecule has 7 heteroatoms. The predicted octanol–water partition coefficient (Wildman–Crippen LogP) is 2.28. The molecular formula is C22H27ClN4O2. The lowest BCUT2D eigenvalue weighted by atomic mass is 10.2. The van der Waals surface area contributed by atoms with Crippen LogP contribution in [0.25, 0.3) is 0 Å². The molecule has 0 unspecified atom stereocenters. The number of hydrogen-bond acceptors (Lipinski definition) is 4. The Kier molecular flexibility index (Phi) is 7.90. The van der Waals surface area contributed by atoms with Gasteiger partial charge in [-0.05, 0) is 42.8 Å². The molecule has 2 N–H and O–H groups in total. The van der Waals surface area contributed by atoms with Crippen molar-refractivity contribution in [3.8, 4) is 0 Å². The first-order valence-corrected chi connectivity index (χ1v) is 10.3. The summed E-state index contributed by atoms with van der Waals surface area (Å²) < 4.78 is 0. The summed E-state index contributed by atoms with van der Waals surface area (Å²) in [4.78, 5) is 28.5. The number of rotatable bonds is 7. The maximum absolute atomic E-state index is 11.9. The van der Waals surface area contributed by atoms with Gasteiger partial charge >= 0.3 is 11.8 Å². The van der Waals surface area contributed by atoms with E-state index in [-0.39, 0.29) is 0 Å². The highest BCUT2D eigenvalue weighted by atomic mass is 35.5. The van der Waals surface area contributed by atoms with Gasteiger partial charge in [0.15, 0.2) is 0 Å². The molecule has 1 aliphatic rings. The van der Waals surface area contributed by atoms with Crippen LogP contribution in [0.5, 0.6) is 0 Å². The van der Waals surface area contributed by atoms with Gasteiger partial charge in [0.2, 0.25) is 0 Å². The lowest BCUT2D eigenvalue weighted by Crippen LogP contribution is -2.47. The van der Waals surface area contributed by atoms with Crippen molar-refractivity contribution in [1.82, 2.24) is 15.5 Å². The number of nitrogens with one attached hydrogen (secondary N) is 2. The third-order valence-corrected chi connectivity index (χ3v) is 5.25. The summed E-state index contributed by atoms with van der Waals surface area (Å²) in [6.45, 7) is 5.65. The van der Waals surface area contributed by atoms with Gasteiger partial charge in [-0.3, -0.25) is 14.5 Å². The Balaban J connectivity index is 1.28. The monoisotopic (exact) mass is 414 g/mol. The van der Waals surface area contributed by atoms with Gasteiger partial charge in [-0.2, -0.15) is 0 Å². The van der Waals surface area contributed by atoms with Crippen LogP contribution in [0.1, 0.15) is 12.0 Å². The van der Waals surface area contributed by atoms with Crippen LogP contribution in [0, 0.1) is 0 Å². The SMILES string of the molecule is O=C(NCCCN1CCN(c2ccc(Cl)cc2)CC1)C(=O)NCc1ccccc1. The van der Waals surface area contributed by atoms with Crippen molar-refractivity contribution in [2.75, 3.05) is 44.2 Å². The third-order valence-electron chi connectivity index (χ3n) is 5.00. The summed E-state index contributed by atoms with van der Waals surface area (Å²) in [6, 6.07) is 17.5. The van der Waals surface area contributed by atoms with Gasteiger partial charge < -0.3 is 15.5 Å². The van der Waals surface area contributed by atoms with Crippen molar-refractivity contribution in [3.63, 3.8) is 0 Å². The number of amides is 2. The van der Waals surface area contributed by atoms with Crippen LogP contribution in [0.2, 0.25) is 5.02 Å². The van der Waals surface area contributed by atoms with Gasteiger partial charge in [-0.1, -0.05) is 41.9 Å². The Morgan fingerprint density at radius 2 is 1.52 bits per heavy atom. The molecule has 1 aliphatic heterocycles. The first-order valence-electron chi connectivity index (χ1n) is 9.94. The molecule has 1 saturated heterocycles. The van der Waals surface area contributed by atoms with E-state index in [0.717, 1.165) is 49.7 Å². The average Bonchev–Trinajstić information content (AvgIpc) is 2.76. The molecule has 0 aromatic heterocycles. The quantitative estimate of drug-likeness (QED) is 0.539. The maximum atomic E-state index is 11.9. The first-order chi connectivity index (χ1) is 14.1. The van der Waals surface area contributed by atoms with Crippen molar-refractivity contribution >= 4 is 29.1 Å². The number of piperazine rings is 1. The van der Waals surface area contributed by atoms with Crippen LogP contribution < -0.4 is 15.5 Å². The number of halogens is 1. The minimum Gasteiger partial charge on any atom is -0.369 e. The molecule has 154 valence electrons. The molecule has 2 aromatic carbocycles.